The molecule has 6 rings (SSSR count). The van der Waals surface area contributed by atoms with Gasteiger partial charge in [-0.05, 0) is 52.9 Å². The zero-order valence-corrected chi connectivity index (χ0v) is 18.2. The zero-order valence-electron chi connectivity index (χ0n) is 18.2. The van der Waals surface area contributed by atoms with Gasteiger partial charge in [-0.15, -0.1) is 0 Å². The minimum atomic E-state index is 0.598. The van der Waals surface area contributed by atoms with E-state index in [9.17, 15) is 0 Å². The summed E-state index contributed by atoms with van der Waals surface area (Å²) in [5.74, 6) is 1.55. The summed E-state index contributed by atoms with van der Waals surface area (Å²) in [6, 6.07) is 20.9. The van der Waals surface area contributed by atoms with Crippen LogP contribution in [0.15, 0.2) is 73.1 Å². The van der Waals surface area contributed by atoms with Crippen molar-refractivity contribution < 1.29 is 4.74 Å². The SMILES string of the molecule is c1ccc(CNc2nc(N3CCOCC3)nc3cc(-c4ccc5cc[nH]c5c4)ccc23)nc1. The fourth-order valence-electron chi connectivity index (χ4n) is 4.24. The van der Waals surface area contributed by atoms with Gasteiger partial charge in [0.1, 0.15) is 5.82 Å². The largest absolute Gasteiger partial charge is 0.378 e. The number of ether oxygens (including phenoxy) is 1. The van der Waals surface area contributed by atoms with Crippen LogP contribution in [0, 0.1) is 0 Å². The van der Waals surface area contributed by atoms with E-state index in [0.29, 0.717) is 19.8 Å². The third-order valence-electron chi connectivity index (χ3n) is 6.03. The molecule has 3 aromatic heterocycles. The van der Waals surface area contributed by atoms with Crippen molar-refractivity contribution in [3.8, 4) is 11.1 Å². The maximum atomic E-state index is 5.53. The number of hydrogen-bond acceptors (Lipinski definition) is 6. The summed E-state index contributed by atoms with van der Waals surface area (Å²) >= 11 is 0. The Labute approximate surface area is 191 Å². The third kappa shape index (κ3) is 3.99. The van der Waals surface area contributed by atoms with Crippen LogP contribution in [-0.2, 0) is 11.3 Å². The van der Waals surface area contributed by atoms with Gasteiger partial charge in [0.25, 0.3) is 0 Å². The van der Waals surface area contributed by atoms with E-state index in [-0.39, 0.29) is 0 Å². The lowest BCUT2D eigenvalue weighted by Gasteiger charge is -2.27. The number of hydrogen-bond donors (Lipinski definition) is 2. The van der Waals surface area contributed by atoms with Crippen LogP contribution in [0.1, 0.15) is 5.69 Å². The number of morpholine rings is 1. The average Bonchev–Trinajstić information content (AvgIpc) is 3.36. The van der Waals surface area contributed by atoms with E-state index in [1.54, 1.807) is 0 Å². The van der Waals surface area contributed by atoms with E-state index in [0.717, 1.165) is 58.1 Å². The molecule has 1 aliphatic heterocycles. The second-order valence-corrected chi connectivity index (χ2v) is 8.16. The molecule has 33 heavy (non-hydrogen) atoms. The Balaban J connectivity index is 1.41. The standard InChI is InChI=1S/C26H24N6O/c1-2-9-27-21(3-1)17-29-25-22-7-6-20(19-5-4-18-8-10-28-23(18)15-19)16-24(22)30-26(31-25)32-11-13-33-14-12-32/h1-10,15-16,28H,11-14,17H2,(H,29,30,31). The van der Waals surface area contributed by atoms with Gasteiger partial charge in [0.15, 0.2) is 0 Å². The summed E-state index contributed by atoms with van der Waals surface area (Å²) in [5.41, 5.74) is 5.29. The normalized spacial score (nSPS) is 14.1. The first kappa shape index (κ1) is 19.7. The maximum absolute atomic E-state index is 5.53. The predicted octanol–water partition coefficient (Wildman–Crippen LogP) is 4.62. The fraction of sp³-hybridized carbons (Fsp3) is 0.192. The Morgan fingerprint density at radius 1 is 0.939 bits per heavy atom. The van der Waals surface area contributed by atoms with E-state index >= 15 is 0 Å². The predicted molar refractivity (Wildman–Crippen MR) is 131 cm³/mol. The molecule has 0 saturated carbocycles. The molecule has 7 heteroatoms. The van der Waals surface area contributed by atoms with Gasteiger partial charge in [0.2, 0.25) is 5.95 Å². The summed E-state index contributed by atoms with van der Waals surface area (Å²) in [7, 11) is 0. The maximum Gasteiger partial charge on any atom is 0.228 e. The van der Waals surface area contributed by atoms with Crippen molar-refractivity contribution in [2.24, 2.45) is 0 Å². The summed E-state index contributed by atoms with van der Waals surface area (Å²) in [5, 5.41) is 5.69. The van der Waals surface area contributed by atoms with Crippen molar-refractivity contribution in [2.75, 3.05) is 36.5 Å². The molecule has 4 heterocycles. The van der Waals surface area contributed by atoms with Crippen LogP contribution in [0.4, 0.5) is 11.8 Å². The number of pyridine rings is 1. The molecule has 0 amide bonds. The van der Waals surface area contributed by atoms with Gasteiger partial charge < -0.3 is 19.9 Å². The Bertz CT molecular complexity index is 1410. The first-order valence-electron chi connectivity index (χ1n) is 11.2. The molecule has 0 unspecified atom stereocenters. The lowest BCUT2D eigenvalue weighted by Crippen LogP contribution is -2.37. The van der Waals surface area contributed by atoms with Crippen LogP contribution in [0.3, 0.4) is 0 Å². The molecular weight excluding hydrogens is 412 g/mol. The number of anilines is 2. The highest BCUT2D eigenvalue weighted by Crippen LogP contribution is 2.30. The van der Waals surface area contributed by atoms with Crippen LogP contribution in [-0.4, -0.2) is 46.2 Å². The van der Waals surface area contributed by atoms with Crippen molar-refractivity contribution in [3.05, 3.63) is 78.8 Å². The summed E-state index contributed by atoms with van der Waals surface area (Å²) in [6.45, 7) is 3.55. The zero-order chi connectivity index (χ0) is 22.0. The Morgan fingerprint density at radius 2 is 1.82 bits per heavy atom. The topological polar surface area (TPSA) is 79.0 Å². The molecule has 0 spiro atoms. The molecule has 7 nitrogen and oxygen atoms in total. The smallest absolute Gasteiger partial charge is 0.228 e. The number of nitrogens with zero attached hydrogens (tertiary/aromatic N) is 4. The highest BCUT2D eigenvalue weighted by atomic mass is 16.5. The molecule has 0 atom stereocenters. The van der Waals surface area contributed by atoms with Gasteiger partial charge in [-0.25, -0.2) is 4.98 Å². The lowest BCUT2D eigenvalue weighted by molar-refractivity contribution is 0.122. The Kier molecular flexibility index (Phi) is 5.08. The molecule has 0 aliphatic carbocycles. The van der Waals surface area contributed by atoms with Gasteiger partial charge in [-0.1, -0.05) is 24.3 Å². The minimum absolute atomic E-state index is 0.598. The van der Waals surface area contributed by atoms with Gasteiger partial charge in [-0.3, -0.25) is 4.98 Å². The second kappa shape index (κ2) is 8.52. The first-order chi connectivity index (χ1) is 16.3. The van der Waals surface area contributed by atoms with Crippen LogP contribution < -0.4 is 10.2 Å². The summed E-state index contributed by atoms with van der Waals surface area (Å²) in [4.78, 5) is 19.8. The highest BCUT2D eigenvalue weighted by molar-refractivity contribution is 5.94. The van der Waals surface area contributed by atoms with E-state index in [1.165, 1.54) is 5.39 Å². The van der Waals surface area contributed by atoms with Crippen LogP contribution >= 0.6 is 0 Å². The monoisotopic (exact) mass is 436 g/mol. The molecule has 0 radical (unpaired) electrons. The highest BCUT2D eigenvalue weighted by Gasteiger charge is 2.17. The fourth-order valence-corrected chi connectivity index (χ4v) is 4.24. The molecule has 1 saturated heterocycles. The summed E-state index contributed by atoms with van der Waals surface area (Å²) in [6.07, 6.45) is 3.78. The number of fused-ring (bicyclic) bond motifs is 2. The molecule has 1 fully saturated rings. The van der Waals surface area contributed by atoms with E-state index < -0.39 is 0 Å². The number of rotatable bonds is 5. The molecule has 1 aliphatic rings. The Morgan fingerprint density at radius 3 is 2.70 bits per heavy atom. The van der Waals surface area contributed by atoms with Crippen molar-refractivity contribution in [1.82, 2.24) is 19.9 Å². The van der Waals surface area contributed by atoms with E-state index in [2.05, 4.69) is 62.6 Å². The minimum Gasteiger partial charge on any atom is -0.378 e. The van der Waals surface area contributed by atoms with E-state index in [4.69, 9.17) is 14.7 Å². The number of aromatic amines is 1. The Hall–Kier alpha value is -3.97. The molecule has 5 aromatic rings. The van der Waals surface area contributed by atoms with Crippen molar-refractivity contribution >= 4 is 33.6 Å². The summed E-state index contributed by atoms with van der Waals surface area (Å²) < 4.78 is 5.53. The number of benzene rings is 2. The molecule has 2 N–H and O–H groups in total. The number of aromatic nitrogens is 4. The van der Waals surface area contributed by atoms with Crippen LogP contribution in [0.25, 0.3) is 32.9 Å². The van der Waals surface area contributed by atoms with Gasteiger partial charge in [0, 0.05) is 36.4 Å². The van der Waals surface area contributed by atoms with Gasteiger partial charge >= 0.3 is 0 Å². The van der Waals surface area contributed by atoms with Crippen LogP contribution in [0.2, 0.25) is 0 Å². The van der Waals surface area contributed by atoms with Crippen molar-refractivity contribution in [3.63, 3.8) is 0 Å². The van der Waals surface area contributed by atoms with Crippen molar-refractivity contribution in [1.29, 1.82) is 0 Å². The quantitative estimate of drug-likeness (QED) is 0.419. The molecular formula is C26H24N6O. The van der Waals surface area contributed by atoms with Crippen LogP contribution in [0.5, 0.6) is 0 Å². The van der Waals surface area contributed by atoms with E-state index in [1.807, 2.05) is 30.6 Å². The molecule has 2 aromatic carbocycles. The number of nitrogens with one attached hydrogen (secondary N) is 2. The lowest BCUT2D eigenvalue weighted by atomic mass is 10.0. The van der Waals surface area contributed by atoms with Gasteiger partial charge in [-0.2, -0.15) is 4.98 Å². The third-order valence-corrected chi connectivity index (χ3v) is 6.03. The van der Waals surface area contributed by atoms with Gasteiger partial charge in [0.05, 0.1) is 31.0 Å². The molecule has 0 bridgehead atoms. The first-order valence-corrected chi connectivity index (χ1v) is 11.2. The number of H-pyrrole nitrogens is 1. The molecule has 164 valence electrons. The average molecular weight is 437 g/mol. The second-order valence-electron chi connectivity index (χ2n) is 8.16. The van der Waals surface area contributed by atoms with Crippen molar-refractivity contribution in [2.45, 2.75) is 6.54 Å².